The lowest BCUT2D eigenvalue weighted by atomic mass is 9.89. The van der Waals surface area contributed by atoms with Gasteiger partial charge in [0.25, 0.3) is 0 Å². The van der Waals surface area contributed by atoms with Crippen LogP contribution >= 0.6 is 0 Å². The molecule has 4 heteroatoms. The van der Waals surface area contributed by atoms with Crippen LogP contribution in [-0.2, 0) is 9.59 Å². The molecule has 0 fully saturated rings. The van der Waals surface area contributed by atoms with Crippen LogP contribution in [0.5, 0.6) is 0 Å². The summed E-state index contributed by atoms with van der Waals surface area (Å²) < 4.78 is 0. The zero-order chi connectivity index (χ0) is 15.1. The minimum atomic E-state index is 0.195. The van der Waals surface area contributed by atoms with Crippen LogP contribution in [0.1, 0.15) is 30.4 Å². The molecule has 0 aromatic heterocycles. The van der Waals surface area contributed by atoms with E-state index in [-0.39, 0.29) is 5.92 Å². The molecule has 0 amide bonds. The molecule has 104 valence electrons. The van der Waals surface area contributed by atoms with Gasteiger partial charge >= 0.3 is 0 Å². The molecule has 1 atom stereocenters. The second-order valence-electron chi connectivity index (χ2n) is 4.53. The van der Waals surface area contributed by atoms with Gasteiger partial charge in [-0.2, -0.15) is 9.98 Å². The first-order chi connectivity index (χ1) is 10.3. The van der Waals surface area contributed by atoms with Gasteiger partial charge in [-0.25, -0.2) is 9.59 Å². The van der Waals surface area contributed by atoms with E-state index in [9.17, 15) is 9.59 Å². The topological polar surface area (TPSA) is 58.9 Å². The fraction of sp³-hybridized carbons (Fsp3) is 0.176. The van der Waals surface area contributed by atoms with Crippen molar-refractivity contribution in [3.05, 3.63) is 59.7 Å². The minimum Gasteiger partial charge on any atom is -0.211 e. The molecular formula is C17H14N2O2. The summed E-state index contributed by atoms with van der Waals surface area (Å²) in [5, 5.41) is 0. The summed E-state index contributed by atoms with van der Waals surface area (Å²) in [4.78, 5) is 28.1. The molecular weight excluding hydrogens is 264 g/mol. The summed E-state index contributed by atoms with van der Waals surface area (Å²) in [5.74, 6) is 0.195. The summed E-state index contributed by atoms with van der Waals surface area (Å²) in [6, 6.07) is 15.4. The summed E-state index contributed by atoms with van der Waals surface area (Å²) in [7, 11) is 0. The third kappa shape index (κ3) is 3.40. The van der Waals surface area contributed by atoms with Crippen molar-refractivity contribution in [1.82, 2.24) is 0 Å². The number of aliphatic imine (C=N–C) groups is 2. The Morgan fingerprint density at radius 2 is 1.57 bits per heavy atom. The number of carbonyl (C=O) groups excluding carboxylic acids is 2. The van der Waals surface area contributed by atoms with E-state index in [1.807, 2.05) is 24.3 Å². The lowest BCUT2D eigenvalue weighted by molar-refractivity contribution is 0.564. The molecule has 1 unspecified atom stereocenters. The zero-order valence-corrected chi connectivity index (χ0v) is 11.6. The first kappa shape index (κ1) is 14.6. The van der Waals surface area contributed by atoms with Crippen LogP contribution in [0.25, 0.3) is 0 Å². The van der Waals surface area contributed by atoms with E-state index in [1.54, 1.807) is 12.1 Å². The minimum absolute atomic E-state index is 0.195. The number of benzene rings is 2. The van der Waals surface area contributed by atoms with Crippen LogP contribution in [-0.4, -0.2) is 12.2 Å². The van der Waals surface area contributed by atoms with Crippen LogP contribution in [0.2, 0.25) is 0 Å². The Hall–Kier alpha value is -2.80. The molecule has 0 saturated heterocycles. The number of rotatable bonds is 5. The van der Waals surface area contributed by atoms with Crippen LogP contribution in [0.3, 0.4) is 0 Å². The first-order valence-electron chi connectivity index (χ1n) is 6.64. The van der Waals surface area contributed by atoms with Crippen molar-refractivity contribution in [1.29, 1.82) is 0 Å². The Labute approximate surface area is 122 Å². The maximum Gasteiger partial charge on any atom is 0.240 e. The number of hydrogen-bond donors (Lipinski definition) is 0. The van der Waals surface area contributed by atoms with Crippen LogP contribution in [0.15, 0.2) is 58.5 Å². The van der Waals surface area contributed by atoms with Gasteiger partial charge in [-0.05, 0) is 29.7 Å². The molecule has 2 rings (SSSR count). The molecule has 0 heterocycles. The van der Waals surface area contributed by atoms with Gasteiger partial charge in [0.1, 0.15) is 11.4 Å². The fourth-order valence-electron chi connectivity index (χ4n) is 2.39. The average Bonchev–Trinajstić information content (AvgIpc) is 2.52. The first-order valence-corrected chi connectivity index (χ1v) is 6.64. The number of nitrogens with zero attached hydrogens (tertiary/aromatic N) is 2. The maximum absolute atomic E-state index is 10.5. The Kier molecular flexibility index (Phi) is 4.94. The molecule has 0 aliphatic carbocycles. The highest BCUT2D eigenvalue weighted by atomic mass is 16.1. The monoisotopic (exact) mass is 278 g/mol. The Bertz CT molecular complexity index is 713. The molecule has 0 spiro atoms. The summed E-state index contributed by atoms with van der Waals surface area (Å²) >= 11 is 0. The second kappa shape index (κ2) is 7.11. The van der Waals surface area contributed by atoms with Gasteiger partial charge in [-0.1, -0.05) is 43.3 Å². The summed E-state index contributed by atoms with van der Waals surface area (Å²) in [6.07, 6.45) is 3.86. The molecule has 21 heavy (non-hydrogen) atoms. The highest BCUT2D eigenvalue weighted by molar-refractivity contribution is 5.69. The smallest absolute Gasteiger partial charge is 0.211 e. The number of hydrogen-bond acceptors (Lipinski definition) is 4. The van der Waals surface area contributed by atoms with Crippen molar-refractivity contribution in [3.8, 4) is 0 Å². The highest BCUT2D eigenvalue weighted by Gasteiger charge is 2.13. The second-order valence-corrected chi connectivity index (χ2v) is 4.53. The quantitative estimate of drug-likeness (QED) is 0.609. The van der Waals surface area contributed by atoms with Crippen LogP contribution in [0, 0.1) is 0 Å². The van der Waals surface area contributed by atoms with E-state index in [0.29, 0.717) is 11.4 Å². The SMILES string of the molecule is CCC(c1ccccc1)c1ccc(N=C=O)c(N=C=O)c1. The molecule has 0 aliphatic rings. The Morgan fingerprint density at radius 1 is 0.905 bits per heavy atom. The van der Waals surface area contributed by atoms with E-state index >= 15 is 0 Å². The van der Waals surface area contributed by atoms with Gasteiger partial charge in [0.15, 0.2) is 0 Å². The molecule has 0 N–H and O–H groups in total. The highest BCUT2D eigenvalue weighted by Crippen LogP contribution is 2.34. The lowest BCUT2D eigenvalue weighted by Gasteiger charge is -2.16. The van der Waals surface area contributed by atoms with Gasteiger partial charge in [-0.15, -0.1) is 0 Å². The molecule has 2 aromatic carbocycles. The molecule has 2 aromatic rings. The molecule has 0 bridgehead atoms. The summed E-state index contributed by atoms with van der Waals surface area (Å²) in [6.45, 7) is 2.10. The van der Waals surface area contributed by atoms with Crippen LogP contribution in [0.4, 0.5) is 11.4 Å². The van der Waals surface area contributed by atoms with E-state index in [4.69, 9.17) is 0 Å². The third-order valence-electron chi connectivity index (χ3n) is 3.34. The number of isocyanates is 2. The van der Waals surface area contributed by atoms with Gasteiger partial charge in [-0.3, -0.25) is 0 Å². The Balaban J connectivity index is 2.50. The molecule has 0 saturated carbocycles. The molecule has 0 radical (unpaired) electrons. The maximum atomic E-state index is 10.5. The van der Waals surface area contributed by atoms with Gasteiger partial charge in [0.05, 0.1) is 0 Å². The standard InChI is InChI=1S/C17H14N2O2/c1-2-15(13-6-4-3-5-7-13)14-8-9-16(18-11-20)17(10-14)19-12-21/h3-10,15H,2H2,1H3. The Morgan fingerprint density at radius 3 is 2.19 bits per heavy atom. The third-order valence-corrected chi connectivity index (χ3v) is 3.34. The van der Waals surface area contributed by atoms with Crippen LogP contribution < -0.4 is 0 Å². The lowest BCUT2D eigenvalue weighted by Crippen LogP contribution is -1.99. The van der Waals surface area contributed by atoms with Gasteiger partial charge in [0.2, 0.25) is 12.2 Å². The van der Waals surface area contributed by atoms with Crippen molar-refractivity contribution in [2.75, 3.05) is 0 Å². The zero-order valence-electron chi connectivity index (χ0n) is 11.6. The molecule has 0 aliphatic heterocycles. The van der Waals surface area contributed by atoms with Gasteiger partial charge < -0.3 is 0 Å². The summed E-state index contributed by atoms with van der Waals surface area (Å²) in [5.41, 5.74) is 2.86. The molecule has 4 nitrogen and oxygen atoms in total. The van der Waals surface area contributed by atoms with E-state index in [1.165, 1.54) is 17.7 Å². The normalized spacial score (nSPS) is 11.1. The largest absolute Gasteiger partial charge is 0.240 e. The van der Waals surface area contributed by atoms with Crippen molar-refractivity contribution in [2.45, 2.75) is 19.3 Å². The fourth-order valence-corrected chi connectivity index (χ4v) is 2.39. The van der Waals surface area contributed by atoms with E-state index in [0.717, 1.165) is 12.0 Å². The predicted molar refractivity (Wildman–Crippen MR) is 80.6 cm³/mol. The van der Waals surface area contributed by atoms with Crippen molar-refractivity contribution >= 4 is 23.5 Å². The van der Waals surface area contributed by atoms with E-state index < -0.39 is 0 Å². The van der Waals surface area contributed by atoms with Crippen molar-refractivity contribution < 1.29 is 9.59 Å². The average molecular weight is 278 g/mol. The van der Waals surface area contributed by atoms with Gasteiger partial charge in [0, 0.05) is 5.92 Å². The van der Waals surface area contributed by atoms with Crippen molar-refractivity contribution in [2.24, 2.45) is 9.98 Å². The predicted octanol–water partition coefficient (Wildman–Crippen LogP) is 4.16. The van der Waals surface area contributed by atoms with E-state index in [2.05, 4.69) is 29.0 Å². The van der Waals surface area contributed by atoms with Crippen molar-refractivity contribution in [3.63, 3.8) is 0 Å².